The molecule has 3 aliphatic rings. The molecule has 1 aromatic rings. The second-order valence-electron chi connectivity index (χ2n) is 9.02. The number of hydrogen-bond donors (Lipinski definition) is 2. The molecular formula is C23H33N3O2. The van der Waals surface area contributed by atoms with Crippen LogP contribution in [-0.4, -0.2) is 48.4 Å². The maximum atomic E-state index is 12.6. The quantitative estimate of drug-likeness (QED) is 0.822. The van der Waals surface area contributed by atoms with Gasteiger partial charge in [0.1, 0.15) is 0 Å². The summed E-state index contributed by atoms with van der Waals surface area (Å²) in [5.74, 6) is 0.946. The molecule has 0 aromatic heterocycles. The van der Waals surface area contributed by atoms with Gasteiger partial charge in [-0.2, -0.15) is 0 Å². The first kappa shape index (κ1) is 19.4. The van der Waals surface area contributed by atoms with E-state index < -0.39 is 0 Å². The topological polar surface area (TPSA) is 61.4 Å². The minimum absolute atomic E-state index is 0.0356. The molecule has 0 radical (unpaired) electrons. The largest absolute Gasteiger partial charge is 0.355 e. The zero-order valence-electron chi connectivity index (χ0n) is 16.8. The number of amides is 2. The monoisotopic (exact) mass is 383 g/mol. The summed E-state index contributed by atoms with van der Waals surface area (Å²) in [4.78, 5) is 27.1. The molecule has 1 aromatic carbocycles. The van der Waals surface area contributed by atoms with E-state index in [0.29, 0.717) is 12.5 Å². The van der Waals surface area contributed by atoms with Gasteiger partial charge < -0.3 is 10.6 Å². The Morgan fingerprint density at radius 2 is 1.82 bits per heavy atom. The lowest BCUT2D eigenvalue weighted by Crippen LogP contribution is -2.52. The van der Waals surface area contributed by atoms with E-state index in [9.17, 15) is 9.59 Å². The molecule has 5 nitrogen and oxygen atoms in total. The molecule has 4 rings (SSSR count). The van der Waals surface area contributed by atoms with Crippen molar-refractivity contribution in [3.8, 4) is 0 Å². The molecule has 5 heteroatoms. The average Bonchev–Trinajstić information content (AvgIpc) is 3.06. The minimum atomic E-state index is -0.0906. The predicted octanol–water partition coefficient (Wildman–Crippen LogP) is 2.82. The smallest absolute Gasteiger partial charge is 0.234 e. The fourth-order valence-electron chi connectivity index (χ4n) is 5.21. The number of benzene rings is 1. The first-order valence-electron chi connectivity index (χ1n) is 11.0. The first-order chi connectivity index (χ1) is 13.6. The number of rotatable bonds is 5. The lowest BCUT2D eigenvalue weighted by atomic mass is 9.82. The standard InChI is InChI=1S/C23H33N3O2/c27-21(24-16-18-7-3-1-4-8-18)17-26-13-11-23(12-14-26)15-20(22(28)25-23)19-9-5-2-6-10-19/h2,5-6,9-10,18,20H,1,3-4,7-8,11-17H2,(H,24,27)(H,25,28)/t20-/m0/s1. The molecule has 3 fully saturated rings. The van der Waals surface area contributed by atoms with Crippen molar-refractivity contribution in [2.24, 2.45) is 5.92 Å². The maximum absolute atomic E-state index is 12.6. The van der Waals surface area contributed by atoms with Crippen molar-refractivity contribution in [2.45, 2.75) is 62.8 Å². The van der Waals surface area contributed by atoms with Crippen LogP contribution in [0.4, 0.5) is 0 Å². The molecule has 1 saturated carbocycles. The Balaban J connectivity index is 1.23. The highest BCUT2D eigenvalue weighted by molar-refractivity contribution is 5.87. The van der Waals surface area contributed by atoms with Crippen molar-refractivity contribution in [3.05, 3.63) is 35.9 Å². The van der Waals surface area contributed by atoms with E-state index in [1.54, 1.807) is 0 Å². The highest BCUT2D eigenvalue weighted by Crippen LogP contribution is 2.39. The molecule has 1 atom stereocenters. The third-order valence-electron chi connectivity index (χ3n) is 6.99. The number of hydrogen-bond acceptors (Lipinski definition) is 3. The van der Waals surface area contributed by atoms with Crippen LogP contribution >= 0.6 is 0 Å². The number of likely N-dealkylation sites (tertiary alicyclic amines) is 1. The molecule has 28 heavy (non-hydrogen) atoms. The van der Waals surface area contributed by atoms with Gasteiger partial charge in [-0.05, 0) is 43.6 Å². The van der Waals surface area contributed by atoms with Crippen LogP contribution in [0, 0.1) is 5.92 Å². The van der Waals surface area contributed by atoms with E-state index in [1.165, 1.54) is 32.1 Å². The van der Waals surface area contributed by atoms with Crippen molar-refractivity contribution >= 4 is 11.8 Å². The number of nitrogens with zero attached hydrogens (tertiary/aromatic N) is 1. The summed E-state index contributed by atoms with van der Waals surface area (Å²) in [7, 11) is 0. The Kier molecular flexibility index (Phi) is 6.00. The second-order valence-corrected chi connectivity index (χ2v) is 9.02. The molecule has 2 amide bonds. The second kappa shape index (κ2) is 8.64. The molecule has 1 aliphatic carbocycles. The number of carbonyl (C=O) groups excluding carboxylic acids is 2. The van der Waals surface area contributed by atoms with Gasteiger partial charge in [-0.25, -0.2) is 0 Å². The number of nitrogens with one attached hydrogen (secondary N) is 2. The Hall–Kier alpha value is -1.88. The van der Waals surface area contributed by atoms with Crippen molar-refractivity contribution < 1.29 is 9.59 Å². The molecule has 2 saturated heterocycles. The molecular weight excluding hydrogens is 350 g/mol. The summed E-state index contributed by atoms with van der Waals surface area (Å²) in [6.07, 6.45) is 9.22. The van der Waals surface area contributed by atoms with Gasteiger partial charge in [0.2, 0.25) is 11.8 Å². The van der Waals surface area contributed by atoms with E-state index in [1.807, 2.05) is 18.2 Å². The van der Waals surface area contributed by atoms with Crippen molar-refractivity contribution in [1.29, 1.82) is 0 Å². The van der Waals surface area contributed by atoms with Crippen LogP contribution in [0.3, 0.4) is 0 Å². The summed E-state index contributed by atoms with van der Waals surface area (Å²) < 4.78 is 0. The summed E-state index contributed by atoms with van der Waals surface area (Å²) >= 11 is 0. The normalized spacial score (nSPS) is 25.6. The molecule has 0 unspecified atom stereocenters. The van der Waals surface area contributed by atoms with Crippen molar-refractivity contribution in [2.75, 3.05) is 26.2 Å². The first-order valence-corrected chi connectivity index (χ1v) is 11.0. The van der Waals surface area contributed by atoms with Crippen LogP contribution in [0.25, 0.3) is 0 Å². The Labute approximate surface area is 168 Å². The summed E-state index contributed by atoms with van der Waals surface area (Å²) in [6, 6.07) is 10.1. The van der Waals surface area contributed by atoms with Gasteiger partial charge >= 0.3 is 0 Å². The van der Waals surface area contributed by atoms with Crippen LogP contribution < -0.4 is 10.6 Å². The van der Waals surface area contributed by atoms with E-state index in [-0.39, 0.29) is 23.3 Å². The number of carbonyl (C=O) groups is 2. The molecule has 2 N–H and O–H groups in total. The van der Waals surface area contributed by atoms with Crippen molar-refractivity contribution in [1.82, 2.24) is 15.5 Å². The molecule has 0 bridgehead atoms. The minimum Gasteiger partial charge on any atom is -0.355 e. The third kappa shape index (κ3) is 4.57. The van der Waals surface area contributed by atoms with Gasteiger partial charge in [0.25, 0.3) is 0 Å². The molecule has 2 heterocycles. The van der Waals surface area contributed by atoms with Crippen LogP contribution in [0.1, 0.15) is 62.8 Å². The Bertz CT molecular complexity index is 676. The van der Waals surface area contributed by atoms with Crippen LogP contribution in [-0.2, 0) is 9.59 Å². The van der Waals surface area contributed by atoms with Gasteiger partial charge in [0, 0.05) is 25.2 Å². The lowest BCUT2D eigenvalue weighted by Gasteiger charge is -2.39. The summed E-state index contributed by atoms with van der Waals surface area (Å²) in [6.45, 7) is 3.07. The highest BCUT2D eigenvalue weighted by Gasteiger charge is 2.46. The van der Waals surface area contributed by atoms with E-state index in [4.69, 9.17) is 0 Å². The molecule has 152 valence electrons. The van der Waals surface area contributed by atoms with Gasteiger partial charge in [0.15, 0.2) is 0 Å². The van der Waals surface area contributed by atoms with Crippen molar-refractivity contribution in [3.63, 3.8) is 0 Å². The zero-order chi connectivity index (χ0) is 19.4. The van der Waals surface area contributed by atoms with Gasteiger partial charge in [-0.1, -0.05) is 49.6 Å². The highest BCUT2D eigenvalue weighted by atomic mass is 16.2. The maximum Gasteiger partial charge on any atom is 0.234 e. The zero-order valence-corrected chi connectivity index (χ0v) is 16.8. The third-order valence-corrected chi connectivity index (χ3v) is 6.99. The SMILES string of the molecule is O=C(CN1CCC2(CC1)C[C@@H](c1ccccc1)C(=O)N2)NCC1CCCCC1. The Morgan fingerprint density at radius 1 is 1.11 bits per heavy atom. The average molecular weight is 384 g/mol. The number of piperidine rings is 1. The molecule has 1 spiro atoms. The fourth-order valence-corrected chi connectivity index (χ4v) is 5.21. The van der Waals surface area contributed by atoms with Gasteiger partial charge in [0.05, 0.1) is 12.5 Å². The van der Waals surface area contributed by atoms with E-state index in [2.05, 4.69) is 27.7 Å². The predicted molar refractivity (Wildman–Crippen MR) is 110 cm³/mol. The van der Waals surface area contributed by atoms with Gasteiger partial charge in [-0.15, -0.1) is 0 Å². The fraction of sp³-hybridized carbons (Fsp3) is 0.652. The van der Waals surface area contributed by atoms with Crippen LogP contribution in [0.15, 0.2) is 30.3 Å². The van der Waals surface area contributed by atoms with Gasteiger partial charge in [-0.3, -0.25) is 14.5 Å². The van der Waals surface area contributed by atoms with Crippen LogP contribution in [0.5, 0.6) is 0 Å². The Morgan fingerprint density at radius 3 is 2.54 bits per heavy atom. The van der Waals surface area contributed by atoms with E-state index >= 15 is 0 Å². The van der Waals surface area contributed by atoms with E-state index in [0.717, 1.165) is 44.5 Å². The van der Waals surface area contributed by atoms with Crippen LogP contribution in [0.2, 0.25) is 0 Å². The molecule has 2 aliphatic heterocycles. The lowest BCUT2D eigenvalue weighted by molar-refractivity contribution is -0.124. The summed E-state index contributed by atoms with van der Waals surface area (Å²) in [5, 5.41) is 6.44. The summed E-state index contributed by atoms with van der Waals surface area (Å²) in [5.41, 5.74) is 1.02.